The van der Waals surface area contributed by atoms with Gasteiger partial charge in [0.25, 0.3) is 0 Å². The Hall–Kier alpha value is -1.05. The Bertz CT molecular complexity index is 672. The highest BCUT2D eigenvalue weighted by atomic mass is 32.2. The number of thiocarbonyl (C=S) groups is 1. The van der Waals surface area contributed by atoms with E-state index in [2.05, 4.69) is 0 Å². The Morgan fingerprint density at radius 3 is 2.67 bits per heavy atom. The largest absolute Gasteiger partial charge is 0.389 e. The maximum atomic E-state index is 13.6. The van der Waals surface area contributed by atoms with Crippen molar-refractivity contribution in [1.82, 2.24) is 4.31 Å². The van der Waals surface area contributed by atoms with Gasteiger partial charge in [-0.15, -0.1) is 0 Å². The molecule has 0 atom stereocenters. The number of rotatable bonds is 3. The van der Waals surface area contributed by atoms with Gasteiger partial charge in [0.05, 0.1) is 4.90 Å². The third-order valence-electron chi connectivity index (χ3n) is 3.71. The lowest BCUT2D eigenvalue weighted by molar-refractivity contribution is 0.187. The third-order valence-corrected chi connectivity index (χ3v) is 5.77. The first kappa shape index (κ1) is 16.3. The van der Waals surface area contributed by atoms with Crippen LogP contribution in [0.1, 0.15) is 32.3 Å². The van der Waals surface area contributed by atoms with Crippen molar-refractivity contribution in [3.63, 3.8) is 0 Å². The second kappa shape index (κ2) is 5.62. The second-order valence-corrected chi connectivity index (χ2v) is 8.49. The molecule has 1 heterocycles. The lowest BCUT2D eigenvalue weighted by atomic mass is 9.85. The SMILES string of the molecule is CC1(C)CCCN(S(=O)(=O)c2ccc(F)c(C(N)=S)c2)C1. The van der Waals surface area contributed by atoms with Gasteiger partial charge in [0.15, 0.2) is 0 Å². The van der Waals surface area contributed by atoms with Crippen LogP contribution in [0, 0.1) is 11.2 Å². The molecule has 2 N–H and O–H groups in total. The molecule has 1 saturated heterocycles. The van der Waals surface area contributed by atoms with Crippen molar-refractivity contribution < 1.29 is 12.8 Å². The minimum Gasteiger partial charge on any atom is -0.389 e. The van der Waals surface area contributed by atoms with Gasteiger partial charge in [-0.1, -0.05) is 26.1 Å². The highest BCUT2D eigenvalue weighted by Gasteiger charge is 2.34. The fourth-order valence-electron chi connectivity index (χ4n) is 2.58. The molecule has 4 nitrogen and oxygen atoms in total. The lowest BCUT2D eigenvalue weighted by Crippen LogP contribution is -2.43. The van der Waals surface area contributed by atoms with Gasteiger partial charge in [-0.05, 0) is 36.5 Å². The second-order valence-electron chi connectivity index (χ2n) is 6.11. The summed E-state index contributed by atoms with van der Waals surface area (Å²) in [5, 5.41) is 0. The summed E-state index contributed by atoms with van der Waals surface area (Å²) in [7, 11) is -3.65. The van der Waals surface area contributed by atoms with Crippen molar-refractivity contribution in [3.8, 4) is 0 Å². The number of benzene rings is 1. The average molecular weight is 330 g/mol. The van der Waals surface area contributed by atoms with Crippen LogP contribution in [0.3, 0.4) is 0 Å². The molecule has 0 saturated carbocycles. The number of hydrogen-bond donors (Lipinski definition) is 1. The van der Waals surface area contributed by atoms with E-state index >= 15 is 0 Å². The van der Waals surface area contributed by atoms with Gasteiger partial charge in [0, 0.05) is 18.7 Å². The highest BCUT2D eigenvalue weighted by Crippen LogP contribution is 2.32. The standard InChI is InChI=1S/C14H19FN2O2S2/c1-14(2)6-3-7-17(9-14)21(18,19)10-4-5-12(15)11(8-10)13(16)20/h4-5,8H,3,6-7,9H2,1-2H3,(H2,16,20). The van der Waals surface area contributed by atoms with E-state index < -0.39 is 15.8 Å². The van der Waals surface area contributed by atoms with E-state index in [1.54, 1.807) is 0 Å². The average Bonchev–Trinajstić information content (AvgIpc) is 2.37. The van der Waals surface area contributed by atoms with Gasteiger partial charge >= 0.3 is 0 Å². The summed E-state index contributed by atoms with van der Waals surface area (Å²) in [4.78, 5) is -0.118. The maximum absolute atomic E-state index is 13.6. The van der Waals surface area contributed by atoms with Crippen molar-refractivity contribution in [2.24, 2.45) is 11.1 Å². The van der Waals surface area contributed by atoms with Gasteiger partial charge in [0.2, 0.25) is 10.0 Å². The molecule has 0 aromatic heterocycles. The van der Waals surface area contributed by atoms with Crippen LogP contribution in [0.2, 0.25) is 0 Å². The zero-order valence-corrected chi connectivity index (χ0v) is 13.7. The molecule has 7 heteroatoms. The smallest absolute Gasteiger partial charge is 0.243 e. The molecule has 0 amide bonds. The number of hydrogen-bond acceptors (Lipinski definition) is 3. The molecule has 1 aromatic rings. The Labute approximate surface area is 130 Å². The molecule has 0 bridgehead atoms. The molecule has 0 unspecified atom stereocenters. The Morgan fingerprint density at radius 2 is 2.10 bits per heavy atom. The zero-order chi connectivity index (χ0) is 15.8. The van der Waals surface area contributed by atoms with Crippen molar-refractivity contribution in [2.75, 3.05) is 13.1 Å². The fraction of sp³-hybridized carbons (Fsp3) is 0.500. The first-order valence-electron chi connectivity index (χ1n) is 6.73. The summed E-state index contributed by atoms with van der Waals surface area (Å²) in [6, 6.07) is 3.57. The van der Waals surface area contributed by atoms with E-state index in [4.69, 9.17) is 18.0 Å². The fourth-order valence-corrected chi connectivity index (χ4v) is 4.43. The predicted octanol–water partition coefficient (Wildman–Crippen LogP) is 2.27. The minimum atomic E-state index is -3.65. The normalized spacial score (nSPS) is 19.4. The Morgan fingerprint density at radius 1 is 1.43 bits per heavy atom. The number of piperidine rings is 1. The summed E-state index contributed by atoms with van der Waals surface area (Å²) >= 11 is 4.75. The van der Waals surface area contributed by atoms with Crippen LogP contribution >= 0.6 is 12.2 Å². The van der Waals surface area contributed by atoms with Crippen LogP contribution < -0.4 is 5.73 Å². The number of halogens is 1. The number of nitrogens with two attached hydrogens (primary N) is 1. The van der Waals surface area contributed by atoms with Crippen LogP contribution in [0.5, 0.6) is 0 Å². The van der Waals surface area contributed by atoms with Gasteiger partial charge < -0.3 is 5.73 Å². The molecule has 21 heavy (non-hydrogen) atoms. The monoisotopic (exact) mass is 330 g/mol. The highest BCUT2D eigenvalue weighted by molar-refractivity contribution is 7.89. The first-order valence-corrected chi connectivity index (χ1v) is 8.58. The Balaban J connectivity index is 2.40. The van der Waals surface area contributed by atoms with Crippen molar-refractivity contribution in [2.45, 2.75) is 31.6 Å². The van der Waals surface area contributed by atoms with Crippen molar-refractivity contribution in [3.05, 3.63) is 29.6 Å². The summed E-state index contributed by atoms with van der Waals surface area (Å²) < 4.78 is 40.4. The molecule has 1 aliphatic heterocycles. The summed E-state index contributed by atoms with van der Waals surface area (Å²) in [6.45, 7) is 5.01. The van der Waals surface area contributed by atoms with E-state index in [1.807, 2.05) is 13.8 Å². The zero-order valence-electron chi connectivity index (χ0n) is 12.1. The first-order chi connectivity index (χ1) is 9.63. The van der Waals surface area contributed by atoms with E-state index in [1.165, 1.54) is 16.4 Å². The van der Waals surface area contributed by atoms with Gasteiger partial charge in [0.1, 0.15) is 10.8 Å². The minimum absolute atomic E-state index is 0.0319. The topological polar surface area (TPSA) is 63.4 Å². The van der Waals surface area contributed by atoms with E-state index in [-0.39, 0.29) is 20.9 Å². The molecular formula is C14H19FN2O2S2. The van der Waals surface area contributed by atoms with E-state index in [0.29, 0.717) is 13.1 Å². The molecule has 116 valence electrons. The Kier molecular flexibility index (Phi) is 4.37. The predicted molar refractivity (Wildman–Crippen MR) is 84.1 cm³/mol. The van der Waals surface area contributed by atoms with Gasteiger partial charge in [-0.2, -0.15) is 4.31 Å². The number of sulfonamides is 1. The van der Waals surface area contributed by atoms with Crippen LogP contribution in [0.25, 0.3) is 0 Å². The van der Waals surface area contributed by atoms with Crippen molar-refractivity contribution >= 4 is 27.2 Å². The molecule has 0 radical (unpaired) electrons. The van der Waals surface area contributed by atoms with Gasteiger partial charge in [-0.3, -0.25) is 0 Å². The van der Waals surface area contributed by atoms with E-state index in [0.717, 1.165) is 18.9 Å². The van der Waals surface area contributed by atoms with Crippen LogP contribution in [-0.2, 0) is 10.0 Å². The lowest BCUT2D eigenvalue weighted by Gasteiger charge is -2.37. The van der Waals surface area contributed by atoms with Crippen molar-refractivity contribution in [1.29, 1.82) is 0 Å². The quantitative estimate of drug-likeness (QED) is 0.864. The molecule has 2 rings (SSSR count). The molecular weight excluding hydrogens is 311 g/mol. The summed E-state index contributed by atoms with van der Waals surface area (Å²) in [6.07, 6.45) is 1.80. The molecule has 0 spiro atoms. The van der Waals surface area contributed by atoms with Crippen LogP contribution in [0.4, 0.5) is 4.39 Å². The van der Waals surface area contributed by atoms with Gasteiger partial charge in [-0.25, -0.2) is 12.8 Å². The van der Waals surface area contributed by atoms with Crippen LogP contribution in [-0.4, -0.2) is 30.8 Å². The molecule has 1 fully saturated rings. The molecule has 1 aromatic carbocycles. The maximum Gasteiger partial charge on any atom is 0.243 e. The summed E-state index contributed by atoms with van der Waals surface area (Å²) in [5.74, 6) is -0.611. The molecule has 0 aliphatic carbocycles. The van der Waals surface area contributed by atoms with E-state index in [9.17, 15) is 12.8 Å². The third kappa shape index (κ3) is 3.41. The van der Waals surface area contributed by atoms with Crippen LogP contribution in [0.15, 0.2) is 23.1 Å². The molecule has 1 aliphatic rings. The number of nitrogens with zero attached hydrogens (tertiary/aromatic N) is 1. The summed E-state index contributed by atoms with van der Waals surface area (Å²) in [5.41, 5.74) is 5.33.